The van der Waals surface area contributed by atoms with E-state index in [1.54, 1.807) is 42.5 Å². The van der Waals surface area contributed by atoms with Crippen molar-refractivity contribution >= 4 is 0 Å². The highest BCUT2D eigenvalue weighted by Gasteiger charge is 2.36. The van der Waals surface area contributed by atoms with Gasteiger partial charge in [-0.2, -0.15) is 18.3 Å². The van der Waals surface area contributed by atoms with Crippen LogP contribution in [0.15, 0.2) is 60.7 Å². The molecule has 118 valence electrons. The van der Waals surface area contributed by atoms with Crippen LogP contribution in [0.25, 0.3) is 16.9 Å². The molecule has 0 aliphatic carbocycles. The van der Waals surface area contributed by atoms with E-state index in [1.807, 2.05) is 0 Å². The first-order chi connectivity index (χ1) is 11.0. The highest BCUT2D eigenvalue weighted by molar-refractivity contribution is 5.60. The maximum absolute atomic E-state index is 13.3. The molecule has 6 heteroatoms. The first kappa shape index (κ1) is 15.1. The van der Waals surface area contributed by atoms with Gasteiger partial charge < -0.3 is 4.74 Å². The Morgan fingerprint density at radius 2 is 1.61 bits per heavy atom. The Bertz CT molecular complexity index is 793. The van der Waals surface area contributed by atoms with E-state index in [0.29, 0.717) is 17.0 Å². The average molecular weight is 318 g/mol. The molecule has 0 bridgehead atoms. The van der Waals surface area contributed by atoms with Gasteiger partial charge in [0.2, 0.25) is 0 Å². The molecule has 0 aliphatic rings. The smallest absolute Gasteiger partial charge is 0.433 e. The molecule has 0 spiro atoms. The second-order valence-electron chi connectivity index (χ2n) is 4.89. The third kappa shape index (κ3) is 3.06. The number of aromatic nitrogens is 2. The van der Waals surface area contributed by atoms with Gasteiger partial charge in [-0.1, -0.05) is 30.3 Å². The van der Waals surface area contributed by atoms with Crippen LogP contribution in [0.4, 0.5) is 13.2 Å². The molecule has 0 aliphatic heterocycles. The molecule has 1 aromatic heterocycles. The number of methoxy groups -OCH3 is 1. The molecule has 0 fully saturated rings. The van der Waals surface area contributed by atoms with Gasteiger partial charge in [0.25, 0.3) is 0 Å². The summed E-state index contributed by atoms with van der Waals surface area (Å²) < 4.78 is 45.9. The molecule has 3 rings (SSSR count). The maximum atomic E-state index is 13.3. The Morgan fingerprint density at radius 1 is 0.957 bits per heavy atom. The number of rotatable bonds is 3. The first-order valence-corrected chi connectivity index (χ1v) is 6.86. The molecule has 2 aromatic carbocycles. The standard InChI is InChI=1S/C17H13F3N2O/c1-23-14-9-7-13(8-10-14)22-16(17(18,19)20)11-15(21-22)12-5-3-2-4-6-12/h2-11H,1H3. The van der Waals surface area contributed by atoms with Crippen molar-refractivity contribution in [3.63, 3.8) is 0 Å². The van der Waals surface area contributed by atoms with Gasteiger partial charge in [-0.25, -0.2) is 4.68 Å². The van der Waals surface area contributed by atoms with Crippen LogP contribution in [0.5, 0.6) is 5.75 Å². The number of alkyl halides is 3. The number of hydrogen-bond acceptors (Lipinski definition) is 2. The minimum atomic E-state index is -4.50. The quantitative estimate of drug-likeness (QED) is 0.707. The van der Waals surface area contributed by atoms with Crippen LogP contribution in [0, 0.1) is 0 Å². The van der Waals surface area contributed by atoms with E-state index in [-0.39, 0.29) is 5.69 Å². The number of nitrogens with zero attached hydrogens (tertiary/aromatic N) is 2. The molecule has 0 amide bonds. The van der Waals surface area contributed by atoms with Gasteiger partial charge in [0.1, 0.15) is 11.4 Å². The van der Waals surface area contributed by atoms with Crippen LogP contribution in [-0.4, -0.2) is 16.9 Å². The largest absolute Gasteiger partial charge is 0.497 e. The van der Waals surface area contributed by atoms with Gasteiger partial charge in [-0.05, 0) is 30.3 Å². The van der Waals surface area contributed by atoms with Gasteiger partial charge in [0, 0.05) is 5.56 Å². The lowest BCUT2D eigenvalue weighted by Gasteiger charge is -2.10. The van der Waals surface area contributed by atoms with E-state index in [0.717, 1.165) is 10.7 Å². The average Bonchev–Trinajstić information content (AvgIpc) is 3.01. The fraction of sp³-hybridized carbons (Fsp3) is 0.118. The summed E-state index contributed by atoms with van der Waals surface area (Å²) in [5, 5.41) is 4.13. The van der Waals surface area contributed by atoms with Gasteiger partial charge in [-0.15, -0.1) is 0 Å². The lowest BCUT2D eigenvalue weighted by Crippen LogP contribution is -2.13. The summed E-state index contributed by atoms with van der Waals surface area (Å²) >= 11 is 0. The predicted octanol–water partition coefficient (Wildman–Crippen LogP) is 4.57. The minimum absolute atomic E-state index is 0.272. The SMILES string of the molecule is COc1ccc(-n2nc(-c3ccccc3)cc2C(F)(F)F)cc1. The Kier molecular flexibility index (Phi) is 3.82. The fourth-order valence-electron chi connectivity index (χ4n) is 2.25. The minimum Gasteiger partial charge on any atom is -0.497 e. The molecule has 3 aromatic rings. The summed E-state index contributed by atoms with van der Waals surface area (Å²) in [6.07, 6.45) is -4.50. The lowest BCUT2D eigenvalue weighted by atomic mass is 10.1. The first-order valence-electron chi connectivity index (χ1n) is 6.86. The maximum Gasteiger partial charge on any atom is 0.433 e. The molecule has 0 unspecified atom stereocenters. The van der Waals surface area contributed by atoms with Crippen molar-refractivity contribution in [2.75, 3.05) is 7.11 Å². The molecular weight excluding hydrogens is 305 g/mol. The third-order valence-corrected chi connectivity index (χ3v) is 3.39. The number of benzene rings is 2. The fourth-order valence-corrected chi connectivity index (χ4v) is 2.25. The summed E-state index contributed by atoms with van der Waals surface area (Å²) in [5.74, 6) is 0.567. The lowest BCUT2D eigenvalue weighted by molar-refractivity contribution is -0.142. The molecule has 0 saturated carbocycles. The van der Waals surface area contributed by atoms with Crippen molar-refractivity contribution in [2.24, 2.45) is 0 Å². The summed E-state index contributed by atoms with van der Waals surface area (Å²) in [7, 11) is 1.50. The molecule has 0 atom stereocenters. The highest BCUT2D eigenvalue weighted by atomic mass is 19.4. The van der Waals surface area contributed by atoms with Crippen molar-refractivity contribution in [3.8, 4) is 22.7 Å². The van der Waals surface area contributed by atoms with Crippen LogP contribution in [0.3, 0.4) is 0 Å². The Balaban J connectivity index is 2.12. The van der Waals surface area contributed by atoms with E-state index < -0.39 is 11.9 Å². The second kappa shape index (κ2) is 5.79. The topological polar surface area (TPSA) is 27.1 Å². The van der Waals surface area contributed by atoms with Crippen molar-refractivity contribution in [3.05, 3.63) is 66.4 Å². The molecule has 3 nitrogen and oxygen atoms in total. The van der Waals surface area contributed by atoms with Gasteiger partial charge >= 0.3 is 6.18 Å². The third-order valence-electron chi connectivity index (χ3n) is 3.39. The van der Waals surface area contributed by atoms with Crippen LogP contribution in [-0.2, 0) is 6.18 Å². The van der Waals surface area contributed by atoms with E-state index in [1.165, 1.54) is 19.2 Å². The normalized spacial score (nSPS) is 11.5. The summed E-state index contributed by atoms with van der Waals surface area (Å²) in [6.45, 7) is 0. The predicted molar refractivity (Wildman–Crippen MR) is 80.6 cm³/mol. The molecule has 23 heavy (non-hydrogen) atoms. The van der Waals surface area contributed by atoms with Crippen LogP contribution in [0.1, 0.15) is 5.69 Å². The van der Waals surface area contributed by atoms with Crippen molar-refractivity contribution in [1.29, 1.82) is 0 Å². The summed E-state index contributed by atoms with van der Waals surface area (Å²) in [6, 6.07) is 16.1. The van der Waals surface area contributed by atoms with Crippen molar-refractivity contribution in [2.45, 2.75) is 6.18 Å². The van der Waals surface area contributed by atoms with Crippen molar-refractivity contribution < 1.29 is 17.9 Å². The van der Waals surface area contributed by atoms with Gasteiger partial charge in [0.15, 0.2) is 0 Å². The zero-order chi connectivity index (χ0) is 16.4. The number of ether oxygens (including phenoxy) is 1. The van der Waals surface area contributed by atoms with Gasteiger partial charge in [0.05, 0.1) is 18.5 Å². The Hall–Kier alpha value is -2.76. The van der Waals surface area contributed by atoms with Crippen molar-refractivity contribution in [1.82, 2.24) is 9.78 Å². The zero-order valence-electron chi connectivity index (χ0n) is 12.2. The van der Waals surface area contributed by atoms with E-state index >= 15 is 0 Å². The monoisotopic (exact) mass is 318 g/mol. The summed E-state index contributed by atoms with van der Waals surface area (Å²) in [4.78, 5) is 0. The number of halogens is 3. The van der Waals surface area contributed by atoms with E-state index in [4.69, 9.17) is 4.74 Å². The molecule has 0 radical (unpaired) electrons. The number of hydrogen-bond donors (Lipinski definition) is 0. The van der Waals surface area contributed by atoms with Crippen LogP contribution < -0.4 is 4.74 Å². The van der Waals surface area contributed by atoms with Gasteiger partial charge in [-0.3, -0.25) is 0 Å². The molecule has 0 N–H and O–H groups in total. The summed E-state index contributed by atoms with van der Waals surface area (Å²) in [5.41, 5.74) is 0.404. The zero-order valence-corrected chi connectivity index (χ0v) is 12.2. The van der Waals surface area contributed by atoms with E-state index in [2.05, 4.69) is 5.10 Å². The van der Waals surface area contributed by atoms with Crippen LogP contribution >= 0.6 is 0 Å². The second-order valence-corrected chi connectivity index (χ2v) is 4.89. The Morgan fingerprint density at radius 3 is 2.17 bits per heavy atom. The highest BCUT2D eigenvalue weighted by Crippen LogP contribution is 2.34. The molecular formula is C17H13F3N2O. The Labute approximate surface area is 130 Å². The van der Waals surface area contributed by atoms with Crippen LogP contribution in [0.2, 0.25) is 0 Å². The molecule has 1 heterocycles. The van der Waals surface area contributed by atoms with E-state index in [9.17, 15) is 13.2 Å². The molecule has 0 saturated heterocycles.